The molecule has 154 valence electrons. The largest absolute Gasteiger partial charge is 0.497 e. The van der Waals surface area contributed by atoms with E-state index >= 15 is 0 Å². The minimum Gasteiger partial charge on any atom is -0.497 e. The Balaban J connectivity index is 1.47. The number of rotatable bonds is 5. The van der Waals surface area contributed by atoms with E-state index < -0.39 is 0 Å². The molecule has 3 unspecified atom stereocenters. The van der Waals surface area contributed by atoms with Gasteiger partial charge in [0.2, 0.25) is 0 Å². The van der Waals surface area contributed by atoms with Crippen molar-refractivity contribution in [2.24, 2.45) is 11.7 Å². The lowest BCUT2D eigenvalue weighted by Crippen LogP contribution is -2.46. The van der Waals surface area contributed by atoms with Gasteiger partial charge >= 0.3 is 0 Å². The summed E-state index contributed by atoms with van der Waals surface area (Å²) in [5.74, 6) is 1.96. The highest BCUT2D eigenvalue weighted by Gasteiger charge is 2.43. The second-order valence-corrected chi connectivity index (χ2v) is 8.27. The third kappa shape index (κ3) is 4.10. The Morgan fingerprint density at radius 2 is 1.90 bits per heavy atom. The number of amides is 1. The number of hydrogen-bond donors (Lipinski definition) is 1. The predicted molar refractivity (Wildman–Crippen MR) is 114 cm³/mol. The Hall–Kier alpha value is -2.53. The maximum atomic E-state index is 13.4. The van der Waals surface area contributed by atoms with E-state index in [0.717, 1.165) is 32.1 Å². The molecule has 5 heteroatoms. The molecule has 0 aromatic heterocycles. The van der Waals surface area contributed by atoms with Crippen molar-refractivity contribution in [3.05, 3.63) is 59.7 Å². The minimum absolute atomic E-state index is 0.00104. The zero-order valence-electron chi connectivity index (χ0n) is 17.2. The van der Waals surface area contributed by atoms with Gasteiger partial charge in [0.05, 0.1) is 19.8 Å². The SMILES string of the molecule is COc1ccc(C(=O)N2C3CCC2CC(CC2=CC=CC(N)C=C2)C3)c(OC)c1. The number of carbonyl (C=O) groups is 1. The number of methoxy groups -OCH3 is 2. The summed E-state index contributed by atoms with van der Waals surface area (Å²) in [4.78, 5) is 15.5. The first-order chi connectivity index (χ1) is 14.1. The normalized spacial score (nSPS) is 28.1. The van der Waals surface area contributed by atoms with E-state index in [4.69, 9.17) is 15.2 Å². The first kappa shape index (κ1) is 19.8. The molecule has 1 amide bonds. The fraction of sp³-hybridized carbons (Fsp3) is 0.458. The molecule has 3 atom stereocenters. The van der Waals surface area contributed by atoms with Crippen LogP contribution in [-0.4, -0.2) is 43.2 Å². The van der Waals surface area contributed by atoms with Crippen molar-refractivity contribution >= 4 is 5.91 Å². The lowest BCUT2D eigenvalue weighted by molar-refractivity contribution is 0.0522. The van der Waals surface area contributed by atoms with Crippen LogP contribution in [0.25, 0.3) is 0 Å². The van der Waals surface area contributed by atoms with Crippen LogP contribution in [0.15, 0.2) is 54.2 Å². The van der Waals surface area contributed by atoms with Crippen LogP contribution < -0.4 is 15.2 Å². The van der Waals surface area contributed by atoms with E-state index in [0.29, 0.717) is 35.1 Å². The third-order valence-electron chi connectivity index (χ3n) is 6.40. The Kier molecular flexibility index (Phi) is 5.76. The zero-order valence-corrected chi connectivity index (χ0v) is 17.2. The van der Waals surface area contributed by atoms with E-state index in [1.54, 1.807) is 20.3 Å². The van der Waals surface area contributed by atoms with E-state index in [1.807, 2.05) is 18.2 Å². The van der Waals surface area contributed by atoms with Crippen molar-refractivity contribution < 1.29 is 14.3 Å². The number of piperidine rings is 1. The van der Waals surface area contributed by atoms with Gasteiger partial charge in [-0.25, -0.2) is 0 Å². The second-order valence-electron chi connectivity index (χ2n) is 8.27. The summed E-state index contributed by atoms with van der Waals surface area (Å²) in [6.45, 7) is 0. The molecule has 0 radical (unpaired) electrons. The minimum atomic E-state index is -0.00104. The highest BCUT2D eigenvalue weighted by Crippen LogP contribution is 2.42. The molecular formula is C24H30N2O3. The van der Waals surface area contributed by atoms with Crippen molar-refractivity contribution in [2.75, 3.05) is 14.2 Å². The van der Waals surface area contributed by atoms with Crippen molar-refractivity contribution in [1.29, 1.82) is 0 Å². The van der Waals surface area contributed by atoms with Crippen LogP contribution in [0, 0.1) is 5.92 Å². The molecule has 2 aliphatic heterocycles. The maximum absolute atomic E-state index is 13.4. The molecule has 1 aromatic carbocycles. The Morgan fingerprint density at radius 3 is 2.59 bits per heavy atom. The van der Waals surface area contributed by atoms with Gasteiger partial charge in [0.15, 0.2) is 0 Å². The molecule has 29 heavy (non-hydrogen) atoms. The van der Waals surface area contributed by atoms with Gasteiger partial charge in [-0.05, 0) is 55.7 Å². The van der Waals surface area contributed by atoms with Gasteiger partial charge in [0.25, 0.3) is 5.91 Å². The summed E-state index contributed by atoms with van der Waals surface area (Å²) in [6, 6.07) is 6.05. The first-order valence-corrected chi connectivity index (χ1v) is 10.4. The second kappa shape index (κ2) is 8.46. The lowest BCUT2D eigenvalue weighted by Gasteiger charge is -2.39. The van der Waals surface area contributed by atoms with Crippen molar-refractivity contribution in [3.63, 3.8) is 0 Å². The van der Waals surface area contributed by atoms with Crippen molar-refractivity contribution in [3.8, 4) is 11.5 Å². The molecule has 0 saturated carbocycles. The van der Waals surface area contributed by atoms with Crippen LogP contribution in [-0.2, 0) is 0 Å². The van der Waals surface area contributed by atoms with E-state index in [1.165, 1.54) is 5.57 Å². The molecule has 5 nitrogen and oxygen atoms in total. The molecule has 1 aliphatic carbocycles. The molecule has 2 heterocycles. The smallest absolute Gasteiger partial charge is 0.258 e. The van der Waals surface area contributed by atoms with E-state index in [2.05, 4.69) is 29.2 Å². The summed E-state index contributed by atoms with van der Waals surface area (Å²) in [6.07, 6.45) is 15.8. The number of carbonyl (C=O) groups excluding carboxylic acids is 1. The van der Waals surface area contributed by atoms with Crippen LogP contribution in [0.1, 0.15) is 42.5 Å². The zero-order chi connectivity index (χ0) is 20.4. The molecule has 1 aromatic rings. The van der Waals surface area contributed by atoms with Crippen LogP contribution in [0.5, 0.6) is 11.5 Å². The topological polar surface area (TPSA) is 64.8 Å². The summed E-state index contributed by atoms with van der Waals surface area (Å²) >= 11 is 0. The molecule has 2 saturated heterocycles. The third-order valence-corrected chi connectivity index (χ3v) is 6.40. The van der Waals surface area contributed by atoms with Gasteiger partial charge in [-0.3, -0.25) is 4.79 Å². The number of benzene rings is 1. The Labute approximate surface area is 172 Å². The van der Waals surface area contributed by atoms with E-state index in [-0.39, 0.29) is 11.9 Å². The number of allylic oxidation sites excluding steroid dienone is 4. The molecule has 4 rings (SSSR count). The van der Waals surface area contributed by atoms with Crippen LogP contribution >= 0.6 is 0 Å². The number of fused-ring (bicyclic) bond motifs is 2. The molecular weight excluding hydrogens is 364 g/mol. The average molecular weight is 395 g/mol. The average Bonchev–Trinajstić information content (AvgIpc) is 2.88. The highest BCUT2D eigenvalue weighted by molar-refractivity contribution is 5.97. The van der Waals surface area contributed by atoms with Gasteiger partial charge in [0.1, 0.15) is 11.5 Å². The van der Waals surface area contributed by atoms with Gasteiger partial charge in [0, 0.05) is 24.2 Å². The highest BCUT2D eigenvalue weighted by atomic mass is 16.5. The standard InChI is InChI=1S/C24H30N2O3/c1-28-21-10-11-22(23(15-21)29-2)24(27)26-19-8-9-20(26)14-17(13-19)12-16-4-3-5-18(25)7-6-16/h3-7,10-11,15,17-20H,8-9,12-14,25H2,1-2H3. The number of nitrogens with two attached hydrogens (primary N) is 1. The van der Waals surface area contributed by atoms with Gasteiger partial charge in [-0.1, -0.05) is 30.4 Å². The fourth-order valence-electron chi connectivity index (χ4n) is 5.03. The lowest BCUT2D eigenvalue weighted by atomic mass is 9.85. The monoisotopic (exact) mass is 394 g/mol. The molecule has 3 aliphatic rings. The Bertz CT molecular complexity index is 844. The molecule has 2 fully saturated rings. The summed E-state index contributed by atoms with van der Waals surface area (Å²) in [5, 5.41) is 0. The quantitative estimate of drug-likeness (QED) is 0.824. The van der Waals surface area contributed by atoms with Crippen LogP contribution in [0.4, 0.5) is 0 Å². The summed E-state index contributed by atoms with van der Waals surface area (Å²) in [7, 11) is 3.21. The number of nitrogens with zero attached hydrogens (tertiary/aromatic N) is 1. The fourth-order valence-corrected chi connectivity index (χ4v) is 5.03. The predicted octanol–water partition coefficient (Wildman–Crippen LogP) is 3.86. The van der Waals surface area contributed by atoms with Crippen LogP contribution in [0.3, 0.4) is 0 Å². The van der Waals surface area contributed by atoms with E-state index in [9.17, 15) is 4.79 Å². The van der Waals surface area contributed by atoms with Gasteiger partial charge < -0.3 is 20.1 Å². The molecule has 2 bridgehead atoms. The van der Waals surface area contributed by atoms with Crippen LogP contribution in [0.2, 0.25) is 0 Å². The molecule has 2 N–H and O–H groups in total. The number of hydrogen-bond acceptors (Lipinski definition) is 4. The van der Waals surface area contributed by atoms with Gasteiger partial charge in [-0.2, -0.15) is 0 Å². The van der Waals surface area contributed by atoms with Crippen molar-refractivity contribution in [1.82, 2.24) is 4.90 Å². The maximum Gasteiger partial charge on any atom is 0.258 e. The van der Waals surface area contributed by atoms with Crippen molar-refractivity contribution in [2.45, 2.75) is 50.2 Å². The number of ether oxygens (including phenoxy) is 2. The Morgan fingerprint density at radius 1 is 1.14 bits per heavy atom. The first-order valence-electron chi connectivity index (χ1n) is 10.4. The van der Waals surface area contributed by atoms with Gasteiger partial charge in [-0.15, -0.1) is 0 Å². The summed E-state index contributed by atoms with van der Waals surface area (Å²) < 4.78 is 10.7. The molecule has 0 spiro atoms. The summed E-state index contributed by atoms with van der Waals surface area (Å²) in [5.41, 5.74) is 7.91.